The summed E-state index contributed by atoms with van der Waals surface area (Å²) in [5.41, 5.74) is 1.11. The third-order valence-corrected chi connectivity index (χ3v) is 2.77. The van der Waals surface area contributed by atoms with E-state index in [1.807, 2.05) is 0 Å². The Morgan fingerprint density at radius 1 is 1.06 bits per heavy atom. The molecule has 1 aliphatic heterocycles. The van der Waals surface area contributed by atoms with Crippen molar-refractivity contribution in [3.8, 4) is 17.2 Å². The Morgan fingerprint density at radius 3 is 2.28 bits per heavy atom. The molecule has 0 spiro atoms. The van der Waals surface area contributed by atoms with Crippen molar-refractivity contribution in [2.24, 2.45) is 0 Å². The molecule has 0 atom stereocenters. The van der Waals surface area contributed by atoms with E-state index in [0.29, 0.717) is 28.5 Å². The molecule has 1 N–H and O–H groups in total. The number of fused-ring (bicyclic) bond motifs is 1. The van der Waals surface area contributed by atoms with Crippen LogP contribution in [0.2, 0.25) is 0 Å². The second-order valence-electron chi connectivity index (χ2n) is 3.73. The minimum atomic E-state index is -0.628. The lowest BCUT2D eigenvalue weighted by Crippen LogP contribution is -2.30. The molecule has 1 amide bonds. The summed E-state index contributed by atoms with van der Waals surface area (Å²) in [6.45, 7) is 0. The molecule has 0 saturated heterocycles. The molecule has 1 aromatic carbocycles. The van der Waals surface area contributed by atoms with Crippen LogP contribution in [0.5, 0.6) is 17.2 Å². The fraction of sp³-hybridized carbons (Fsp3) is 0.333. The van der Waals surface area contributed by atoms with E-state index in [2.05, 4.69) is 5.32 Å². The molecule has 6 heteroatoms. The molecule has 6 nitrogen and oxygen atoms in total. The molecule has 18 heavy (non-hydrogen) atoms. The number of hydrogen-bond acceptors (Lipinski definition) is 5. The molecular formula is C12H13NO5. The van der Waals surface area contributed by atoms with Crippen molar-refractivity contribution >= 4 is 17.4 Å². The zero-order valence-electron chi connectivity index (χ0n) is 10.3. The number of carbonyl (C=O) groups excluding carboxylic acids is 2. The van der Waals surface area contributed by atoms with Crippen molar-refractivity contribution in [3.05, 3.63) is 11.6 Å². The Kier molecular flexibility index (Phi) is 3.10. The number of nitrogens with one attached hydrogen (secondary N) is 1. The highest BCUT2D eigenvalue weighted by Crippen LogP contribution is 2.45. The number of amides is 1. The average molecular weight is 251 g/mol. The van der Waals surface area contributed by atoms with Gasteiger partial charge in [-0.25, -0.2) is 0 Å². The van der Waals surface area contributed by atoms with Gasteiger partial charge in [0.05, 0.1) is 27.0 Å². The van der Waals surface area contributed by atoms with Gasteiger partial charge in [-0.15, -0.1) is 0 Å². The number of anilines is 1. The van der Waals surface area contributed by atoms with Gasteiger partial charge in [-0.1, -0.05) is 0 Å². The Morgan fingerprint density at radius 2 is 1.72 bits per heavy atom. The summed E-state index contributed by atoms with van der Waals surface area (Å²) in [7, 11) is 4.44. The van der Waals surface area contributed by atoms with Crippen LogP contribution in [-0.4, -0.2) is 33.0 Å². The Labute approximate surface area is 104 Å². The molecule has 0 fully saturated rings. The van der Waals surface area contributed by atoms with Crippen LogP contribution < -0.4 is 19.5 Å². The number of benzene rings is 1. The summed E-state index contributed by atoms with van der Waals surface area (Å²) < 4.78 is 15.6. The first-order valence-electron chi connectivity index (χ1n) is 5.28. The molecule has 2 rings (SSSR count). The lowest BCUT2D eigenvalue weighted by atomic mass is 10.00. The van der Waals surface area contributed by atoms with E-state index >= 15 is 0 Å². The third-order valence-electron chi connectivity index (χ3n) is 2.77. The summed E-state index contributed by atoms with van der Waals surface area (Å²) in [6.07, 6.45) is -0.00923. The second kappa shape index (κ2) is 4.56. The fourth-order valence-electron chi connectivity index (χ4n) is 1.94. The van der Waals surface area contributed by atoms with E-state index in [1.165, 1.54) is 21.3 Å². The normalized spacial score (nSPS) is 13.7. The van der Waals surface area contributed by atoms with E-state index in [-0.39, 0.29) is 6.42 Å². The van der Waals surface area contributed by atoms with Gasteiger partial charge in [0.1, 0.15) is 0 Å². The monoisotopic (exact) mass is 251 g/mol. The Hall–Kier alpha value is -2.24. The SMILES string of the molecule is COc1cc2c(c(OC)c1OC)CC(=O)C(=O)N2. The highest BCUT2D eigenvalue weighted by atomic mass is 16.5. The van der Waals surface area contributed by atoms with Crippen molar-refractivity contribution < 1.29 is 23.8 Å². The summed E-state index contributed by atoms with van der Waals surface area (Å²) in [5.74, 6) is 0.107. The standard InChI is InChI=1S/C12H13NO5/c1-16-9-5-7-6(4-8(14)12(15)13-7)10(17-2)11(9)18-3/h5H,4H2,1-3H3,(H,13,15). The number of ether oxygens (including phenoxy) is 3. The molecule has 0 bridgehead atoms. The van der Waals surface area contributed by atoms with Crippen LogP contribution in [0.25, 0.3) is 0 Å². The smallest absolute Gasteiger partial charge is 0.292 e. The first-order valence-corrected chi connectivity index (χ1v) is 5.28. The first kappa shape index (κ1) is 12.2. The number of hydrogen-bond donors (Lipinski definition) is 1. The van der Waals surface area contributed by atoms with Gasteiger partial charge in [-0.2, -0.15) is 0 Å². The van der Waals surface area contributed by atoms with Crippen LogP contribution in [0, 0.1) is 0 Å². The topological polar surface area (TPSA) is 73.9 Å². The Balaban J connectivity index is 2.65. The summed E-state index contributed by atoms with van der Waals surface area (Å²) in [5, 5.41) is 2.51. The van der Waals surface area contributed by atoms with E-state index < -0.39 is 11.7 Å². The van der Waals surface area contributed by atoms with E-state index in [0.717, 1.165) is 0 Å². The van der Waals surface area contributed by atoms with Crippen molar-refractivity contribution in [1.29, 1.82) is 0 Å². The summed E-state index contributed by atoms with van der Waals surface area (Å²) in [4.78, 5) is 22.8. The Bertz CT molecular complexity index is 524. The van der Waals surface area contributed by atoms with Crippen LogP contribution in [0.3, 0.4) is 0 Å². The molecular weight excluding hydrogens is 238 g/mol. The van der Waals surface area contributed by atoms with Gasteiger partial charge in [0.2, 0.25) is 11.5 Å². The van der Waals surface area contributed by atoms with E-state index in [4.69, 9.17) is 14.2 Å². The predicted molar refractivity (Wildman–Crippen MR) is 63.4 cm³/mol. The molecule has 1 aromatic rings. The molecule has 0 saturated carbocycles. The number of Topliss-reactive ketones (excluding diaryl/α,β-unsaturated/α-hetero) is 1. The zero-order valence-corrected chi connectivity index (χ0v) is 10.3. The van der Waals surface area contributed by atoms with Crippen molar-refractivity contribution in [2.75, 3.05) is 26.6 Å². The zero-order chi connectivity index (χ0) is 13.3. The van der Waals surface area contributed by atoms with E-state index in [9.17, 15) is 9.59 Å². The van der Waals surface area contributed by atoms with Crippen molar-refractivity contribution in [3.63, 3.8) is 0 Å². The maximum absolute atomic E-state index is 11.4. The first-order chi connectivity index (χ1) is 8.62. The highest BCUT2D eigenvalue weighted by molar-refractivity contribution is 6.42. The lowest BCUT2D eigenvalue weighted by molar-refractivity contribution is -0.134. The molecule has 0 unspecified atom stereocenters. The summed E-state index contributed by atoms with van der Waals surface area (Å²) in [6, 6.07) is 1.61. The average Bonchev–Trinajstić information content (AvgIpc) is 2.38. The fourth-order valence-corrected chi connectivity index (χ4v) is 1.94. The van der Waals surface area contributed by atoms with Crippen molar-refractivity contribution in [2.45, 2.75) is 6.42 Å². The minimum Gasteiger partial charge on any atom is -0.493 e. The third kappa shape index (κ3) is 1.75. The van der Waals surface area contributed by atoms with Crippen LogP contribution in [0.4, 0.5) is 5.69 Å². The van der Waals surface area contributed by atoms with Gasteiger partial charge >= 0.3 is 0 Å². The molecule has 0 aliphatic carbocycles. The largest absolute Gasteiger partial charge is 0.493 e. The minimum absolute atomic E-state index is 0.00923. The van der Waals surface area contributed by atoms with Gasteiger partial charge in [-0.05, 0) is 0 Å². The molecule has 96 valence electrons. The highest BCUT2D eigenvalue weighted by Gasteiger charge is 2.29. The van der Waals surface area contributed by atoms with Crippen LogP contribution in [0.15, 0.2) is 6.07 Å². The summed E-state index contributed by atoms with van der Waals surface area (Å²) >= 11 is 0. The van der Waals surface area contributed by atoms with Gasteiger partial charge in [0, 0.05) is 18.1 Å². The number of ketones is 1. The maximum Gasteiger partial charge on any atom is 0.292 e. The van der Waals surface area contributed by atoms with Gasteiger partial charge in [0.25, 0.3) is 5.91 Å². The number of carbonyl (C=O) groups is 2. The van der Waals surface area contributed by atoms with E-state index in [1.54, 1.807) is 6.07 Å². The van der Waals surface area contributed by atoms with Crippen molar-refractivity contribution in [1.82, 2.24) is 0 Å². The number of methoxy groups -OCH3 is 3. The van der Waals surface area contributed by atoms with Gasteiger partial charge in [0.15, 0.2) is 11.5 Å². The van der Waals surface area contributed by atoms with Crippen LogP contribution >= 0.6 is 0 Å². The number of rotatable bonds is 3. The quantitative estimate of drug-likeness (QED) is 0.803. The maximum atomic E-state index is 11.4. The second-order valence-corrected chi connectivity index (χ2v) is 3.73. The van der Waals surface area contributed by atoms with Crippen LogP contribution in [0.1, 0.15) is 5.56 Å². The lowest BCUT2D eigenvalue weighted by Gasteiger charge is -2.22. The van der Waals surface area contributed by atoms with Gasteiger partial charge < -0.3 is 19.5 Å². The predicted octanol–water partition coefficient (Wildman–Crippen LogP) is 0.776. The molecule has 0 radical (unpaired) electrons. The van der Waals surface area contributed by atoms with Gasteiger partial charge in [-0.3, -0.25) is 9.59 Å². The van der Waals surface area contributed by atoms with Crippen LogP contribution in [-0.2, 0) is 16.0 Å². The molecule has 1 aliphatic rings. The molecule has 0 aromatic heterocycles. The molecule has 1 heterocycles.